The zero-order valence-electron chi connectivity index (χ0n) is 18.7. The standard InChI is InChI=1S/C25H33ClO3Si/c1-7-20(17-23(27)28-18-19-12-9-8-10-13-19)24(21-14-11-15-22(26)16-21)29-30(5,6)25(2,3)4/h7-16,20,24H,1,17-18H2,2-6H3/t20-,24+/m0/s1. The molecule has 30 heavy (non-hydrogen) atoms. The summed E-state index contributed by atoms with van der Waals surface area (Å²) in [6.45, 7) is 15.3. The minimum atomic E-state index is -2.11. The molecule has 0 aliphatic rings. The minimum absolute atomic E-state index is 0.0311. The van der Waals surface area contributed by atoms with E-state index in [0.717, 1.165) is 11.1 Å². The first-order chi connectivity index (χ1) is 14.0. The highest BCUT2D eigenvalue weighted by Gasteiger charge is 2.41. The van der Waals surface area contributed by atoms with Crippen molar-refractivity contribution in [1.29, 1.82) is 0 Å². The summed E-state index contributed by atoms with van der Waals surface area (Å²) < 4.78 is 12.3. The third-order valence-corrected chi connectivity index (χ3v) is 10.4. The van der Waals surface area contributed by atoms with Crippen molar-refractivity contribution in [2.75, 3.05) is 0 Å². The highest BCUT2D eigenvalue weighted by Crippen LogP contribution is 2.42. The molecule has 0 spiro atoms. The van der Waals surface area contributed by atoms with Gasteiger partial charge in [-0.05, 0) is 41.4 Å². The lowest BCUT2D eigenvalue weighted by atomic mass is 9.93. The molecular weight excluding hydrogens is 412 g/mol. The first-order valence-corrected chi connectivity index (χ1v) is 13.6. The SMILES string of the molecule is C=C[C@@H](CC(=O)OCc1ccccc1)[C@@H](O[Si](C)(C)C(C)(C)C)c1cccc(Cl)c1. The number of carbonyl (C=O) groups excluding carboxylic acids is 1. The summed E-state index contributed by atoms with van der Waals surface area (Å²) >= 11 is 6.26. The molecule has 0 fully saturated rings. The number of halogens is 1. The molecule has 3 nitrogen and oxygen atoms in total. The molecule has 2 aromatic rings. The Kier molecular flexibility index (Phi) is 8.48. The van der Waals surface area contributed by atoms with E-state index >= 15 is 0 Å². The van der Waals surface area contributed by atoms with Crippen LogP contribution in [-0.4, -0.2) is 14.3 Å². The zero-order valence-corrected chi connectivity index (χ0v) is 20.4. The first kappa shape index (κ1) is 24.4. The number of hydrogen-bond donors (Lipinski definition) is 0. The second-order valence-electron chi connectivity index (χ2n) is 9.10. The Morgan fingerprint density at radius 1 is 1.13 bits per heavy atom. The van der Waals surface area contributed by atoms with E-state index in [0.29, 0.717) is 5.02 Å². The van der Waals surface area contributed by atoms with E-state index in [1.54, 1.807) is 6.08 Å². The highest BCUT2D eigenvalue weighted by molar-refractivity contribution is 6.74. The summed E-state index contributed by atoms with van der Waals surface area (Å²) in [5.41, 5.74) is 1.91. The van der Waals surface area contributed by atoms with Gasteiger partial charge in [-0.15, -0.1) is 6.58 Å². The Balaban J connectivity index is 2.21. The predicted molar refractivity (Wildman–Crippen MR) is 127 cm³/mol. The molecule has 0 radical (unpaired) electrons. The smallest absolute Gasteiger partial charge is 0.306 e. The lowest BCUT2D eigenvalue weighted by Crippen LogP contribution is -2.43. The van der Waals surface area contributed by atoms with Crippen LogP contribution >= 0.6 is 11.6 Å². The summed E-state index contributed by atoms with van der Waals surface area (Å²) in [6, 6.07) is 17.3. The van der Waals surface area contributed by atoms with Gasteiger partial charge in [0.05, 0.1) is 12.5 Å². The average Bonchev–Trinajstić information content (AvgIpc) is 2.69. The van der Waals surface area contributed by atoms with Crippen LogP contribution in [0.5, 0.6) is 0 Å². The highest BCUT2D eigenvalue weighted by atomic mass is 35.5. The van der Waals surface area contributed by atoms with Crippen LogP contribution in [0.15, 0.2) is 67.3 Å². The molecule has 162 valence electrons. The fourth-order valence-electron chi connectivity index (χ4n) is 2.88. The summed E-state index contributed by atoms with van der Waals surface area (Å²) in [6.07, 6.45) is 1.68. The maximum Gasteiger partial charge on any atom is 0.306 e. The van der Waals surface area contributed by atoms with Gasteiger partial charge in [0.1, 0.15) is 6.61 Å². The van der Waals surface area contributed by atoms with E-state index < -0.39 is 8.32 Å². The topological polar surface area (TPSA) is 35.5 Å². The van der Waals surface area contributed by atoms with Gasteiger partial charge in [0.15, 0.2) is 8.32 Å². The molecule has 0 N–H and O–H groups in total. The number of esters is 1. The van der Waals surface area contributed by atoms with Gasteiger partial charge in [-0.1, -0.05) is 80.9 Å². The van der Waals surface area contributed by atoms with E-state index in [1.165, 1.54) is 0 Å². The van der Waals surface area contributed by atoms with Crippen LogP contribution < -0.4 is 0 Å². The number of carbonyl (C=O) groups is 1. The first-order valence-electron chi connectivity index (χ1n) is 10.3. The molecule has 0 bridgehead atoms. The maximum absolute atomic E-state index is 12.6. The van der Waals surface area contributed by atoms with Crippen LogP contribution in [0.1, 0.15) is 44.4 Å². The summed E-state index contributed by atoms with van der Waals surface area (Å²) in [7, 11) is -2.11. The van der Waals surface area contributed by atoms with E-state index in [-0.39, 0.29) is 36.1 Å². The molecule has 5 heteroatoms. The summed E-state index contributed by atoms with van der Waals surface area (Å²) in [5, 5.41) is 0.675. The second-order valence-corrected chi connectivity index (χ2v) is 14.3. The molecule has 0 saturated heterocycles. The number of rotatable bonds is 9. The number of ether oxygens (including phenoxy) is 1. The number of hydrogen-bond acceptors (Lipinski definition) is 3. The Morgan fingerprint density at radius 2 is 1.80 bits per heavy atom. The lowest BCUT2D eigenvalue weighted by molar-refractivity contribution is -0.146. The molecular formula is C25H33ClO3Si. The Bertz CT molecular complexity index is 843. The summed E-state index contributed by atoms with van der Waals surface area (Å²) in [4.78, 5) is 12.6. The third kappa shape index (κ3) is 6.83. The normalized spacial score (nSPS) is 14.1. The fraction of sp³-hybridized carbons (Fsp3) is 0.400. The summed E-state index contributed by atoms with van der Waals surface area (Å²) in [5.74, 6) is -0.490. The maximum atomic E-state index is 12.6. The van der Waals surface area contributed by atoms with Crippen LogP contribution in [0.2, 0.25) is 23.2 Å². The van der Waals surface area contributed by atoms with Crippen LogP contribution in [-0.2, 0) is 20.6 Å². The molecule has 0 amide bonds. The van der Waals surface area contributed by atoms with E-state index in [1.807, 2.05) is 54.6 Å². The van der Waals surface area contributed by atoms with Crippen LogP contribution in [0, 0.1) is 5.92 Å². The largest absolute Gasteiger partial charge is 0.461 e. The van der Waals surface area contributed by atoms with Crippen molar-refractivity contribution in [1.82, 2.24) is 0 Å². The van der Waals surface area contributed by atoms with Gasteiger partial charge >= 0.3 is 5.97 Å². The van der Waals surface area contributed by atoms with Gasteiger partial charge < -0.3 is 9.16 Å². The lowest BCUT2D eigenvalue weighted by Gasteiger charge is -2.41. The Hall–Kier alpha value is -1.88. The minimum Gasteiger partial charge on any atom is -0.461 e. The molecule has 2 rings (SSSR count). The van der Waals surface area contributed by atoms with Gasteiger partial charge in [-0.25, -0.2) is 0 Å². The van der Waals surface area contributed by atoms with Gasteiger partial charge in [0, 0.05) is 10.9 Å². The van der Waals surface area contributed by atoms with Crippen molar-refractivity contribution in [2.24, 2.45) is 5.92 Å². The second kappa shape index (κ2) is 10.4. The van der Waals surface area contributed by atoms with Crippen LogP contribution in [0.4, 0.5) is 0 Å². The zero-order chi connectivity index (χ0) is 22.4. The molecule has 2 atom stereocenters. The van der Waals surface area contributed by atoms with E-state index in [4.69, 9.17) is 20.8 Å². The molecule has 0 saturated carbocycles. The van der Waals surface area contributed by atoms with Crippen LogP contribution in [0.3, 0.4) is 0 Å². The van der Waals surface area contributed by atoms with Crippen molar-refractivity contribution in [3.63, 3.8) is 0 Å². The molecule has 0 unspecified atom stereocenters. The van der Waals surface area contributed by atoms with Gasteiger partial charge in [0.2, 0.25) is 0 Å². The quantitative estimate of drug-likeness (QED) is 0.230. The van der Waals surface area contributed by atoms with Crippen molar-refractivity contribution in [2.45, 2.75) is 58.0 Å². The molecule has 0 heterocycles. The van der Waals surface area contributed by atoms with E-state index in [2.05, 4.69) is 40.4 Å². The monoisotopic (exact) mass is 444 g/mol. The number of benzene rings is 2. The van der Waals surface area contributed by atoms with Gasteiger partial charge in [0.25, 0.3) is 0 Å². The third-order valence-electron chi connectivity index (χ3n) is 5.74. The Labute approximate surface area is 187 Å². The molecule has 2 aromatic carbocycles. The van der Waals surface area contributed by atoms with Crippen molar-refractivity contribution in [3.8, 4) is 0 Å². The van der Waals surface area contributed by atoms with Crippen LogP contribution in [0.25, 0.3) is 0 Å². The van der Waals surface area contributed by atoms with Crippen molar-refractivity contribution < 1.29 is 14.0 Å². The van der Waals surface area contributed by atoms with Crippen molar-refractivity contribution in [3.05, 3.63) is 83.4 Å². The molecule has 0 aromatic heterocycles. The fourth-order valence-corrected chi connectivity index (χ4v) is 4.38. The molecule has 0 aliphatic carbocycles. The predicted octanol–water partition coefficient (Wildman–Crippen LogP) is 7.34. The average molecular weight is 445 g/mol. The van der Waals surface area contributed by atoms with Gasteiger partial charge in [-0.2, -0.15) is 0 Å². The van der Waals surface area contributed by atoms with Crippen molar-refractivity contribution >= 4 is 25.9 Å². The molecule has 0 aliphatic heterocycles. The Morgan fingerprint density at radius 3 is 2.37 bits per heavy atom. The van der Waals surface area contributed by atoms with E-state index in [9.17, 15) is 4.79 Å². The van der Waals surface area contributed by atoms with Gasteiger partial charge in [-0.3, -0.25) is 4.79 Å².